The molecule has 0 aromatic carbocycles. The van der Waals surface area contributed by atoms with E-state index in [1.165, 1.54) is 19.3 Å². The molecule has 0 radical (unpaired) electrons. The van der Waals surface area contributed by atoms with Crippen LogP contribution in [0, 0.1) is 17.8 Å². The van der Waals surface area contributed by atoms with Crippen molar-refractivity contribution in [1.29, 1.82) is 0 Å². The van der Waals surface area contributed by atoms with Crippen LogP contribution in [0.3, 0.4) is 0 Å². The van der Waals surface area contributed by atoms with Gasteiger partial charge in [0.1, 0.15) is 0 Å². The van der Waals surface area contributed by atoms with Crippen molar-refractivity contribution in [2.24, 2.45) is 17.8 Å². The third-order valence-corrected chi connectivity index (χ3v) is 5.18. The van der Waals surface area contributed by atoms with Crippen LogP contribution in [0.15, 0.2) is 0 Å². The Labute approximate surface area is 103 Å². The molecule has 4 atom stereocenters. The second-order valence-corrected chi connectivity index (χ2v) is 6.15. The van der Waals surface area contributed by atoms with Gasteiger partial charge < -0.3 is 10.0 Å². The molecular weight excluding hydrogens is 214 g/mol. The van der Waals surface area contributed by atoms with E-state index in [9.17, 15) is 9.90 Å². The molecule has 17 heavy (non-hydrogen) atoms. The molecule has 3 heteroatoms. The van der Waals surface area contributed by atoms with E-state index < -0.39 is 0 Å². The maximum Gasteiger partial charge on any atom is 0.226 e. The van der Waals surface area contributed by atoms with Crippen molar-refractivity contribution < 1.29 is 9.90 Å². The van der Waals surface area contributed by atoms with E-state index in [1.807, 2.05) is 4.90 Å². The van der Waals surface area contributed by atoms with Gasteiger partial charge in [-0.05, 0) is 50.4 Å². The number of fused-ring (bicyclic) bond motifs is 2. The molecule has 0 aromatic heterocycles. The fourth-order valence-corrected chi connectivity index (χ4v) is 4.24. The number of aliphatic hydroxyl groups is 1. The molecule has 0 spiro atoms. The van der Waals surface area contributed by atoms with Crippen LogP contribution in [0.25, 0.3) is 0 Å². The summed E-state index contributed by atoms with van der Waals surface area (Å²) in [4.78, 5) is 14.6. The normalized spacial score (nSPS) is 40.9. The quantitative estimate of drug-likeness (QED) is 0.795. The number of carbonyl (C=O) groups excluding carboxylic acids is 1. The van der Waals surface area contributed by atoms with Gasteiger partial charge in [0, 0.05) is 12.5 Å². The van der Waals surface area contributed by atoms with Gasteiger partial charge in [-0.25, -0.2) is 0 Å². The van der Waals surface area contributed by atoms with Crippen LogP contribution in [-0.2, 0) is 4.79 Å². The summed E-state index contributed by atoms with van der Waals surface area (Å²) >= 11 is 0. The number of likely N-dealkylation sites (tertiary alicyclic amines) is 1. The lowest BCUT2D eigenvalue weighted by atomic mass is 9.86. The van der Waals surface area contributed by atoms with Crippen molar-refractivity contribution in [3.05, 3.63) is 0 Å². The molecule has 4 unspecified atom stereocenters. The van der Waals surface area contributed by atoms with Crippen molar-refractivity contribution in [2.45, 2.75) is 51.0 Å². The third-order valence-electron chi connectivity index (χ3n) is 5.18. The molecule has 1 saturated heterocycles. The Morgan fingerprint density at radius 1 is 1.18 bits per heavy atom. The zero-order valence-corrected chi connectivity index (χ0v) is 10.5. The van der Waals surface area contributed by atoms with Crippen LogP contribution in [0.5, 0.6) is 0 Å². The molecule has 3 nitrogen and oxygen atoms in total. The van der Waals surface area contributed by atoms with Crippen LogP contribution >= 0.6 is 0 Å². The average Bonchev–Trinajstić information content (AvgIpc) is 3.00. The molecule has 1 aliphatic heterocycles. The van der Waals surface area contributed by atoms with E-state index in [1.54, 1.807) is 0 Å². The van der Waals surface area contributed by atoms with Gasteiger partial charge in [-0.1, -0.05) is 6.42 Å². The molecule has 3 aliphatic rings. The highest BCUT2D eigenvalue weighted by molar-refractivity contribution is 5.80. The minimum Gasteiger partial charge on any atom is -0.394 e. The maximum atomic E-state index is 12.6. The van der Waals surface area contributed by atoms with Crippen LogP contribution < -0.4 is 0 Å². The first kappa shape index (κ1) is 11.5. The van der Waals surface area contributed by atoms with E-state index in [4.69, 9.17) is 0 Å². The predicted molar refractivity (Wildman–Crippen MR) is 65.4 cm³/mol. The molecule has 1 N–H and O–H groups in total. The number of carbonyl (C=O) groups is 1. The predicted octanol–water partition coefficient (Wildman–Crippen LogP) is 1.80. The Bertz CT molecular complexity index is 305. The summed E-state index contributed by atoms with van der Waals surface area (Å²) < 4.78 is 0. The molecule has 2 saturated carbocycles. The largest absolute Gasteiger partial charge is 0.394 e. The fraction of sp³-hybridized carbons (Fsp3) is 0.929. The first-order valence-electron chi connectivity index (χ1n) is 7.21. The first-order chi connectivity index (χ1) is 8.29. The zero-order chi connectivity index (χ0) is 11.8. The minimum absolute atomic E-state index is 0.107. The zero-order valence-electron chi connectivity index (χ0n) is 10.5. The molecule has 1 heterocycles. The van der Waals surface area contributed by atoms with E-state index in [0.29, 0.717) is 17.7 Å². The number of rotatable bonds is 2. The molecule has 2 bridgehead atoms. The van der Waals surface area contributed by atoms with E-state index in [2.05, 4.69) is 0 Å². The van der Waals surface area contributed by atoms with E-state index >= 15 is 0 Å². The minimum atomic E-state index is 0.107. The number of piperidine rings is 1. The van der Waals surface area contributed by atoms with Gasteiger partial charge >= 0.3 is 0 Å². The second kappa shape index (κ2) is 4.60. The van der Waals surface area contributed by atoms with Crippen LogP contribution in [-0.4, -0.2) is 35.1 Å². The van der Waals surface area contributed by atoms with Gasteiger partial charge in [0.2, 0.25) is 5.91 Å². The standard InChI is InChI=1S/C14H23NO2/c16-9-12-3-1-2-6-15(12)14(17)13-8-10-4-5-11(13)7-10/h10-13,16H,1-9H2. The van der Waals surface area contributed by atoms with Crippen LogP contribution in [0.1, 0.15) is 44.9 Å². The monoisotopic (exact) mass is 237 g/mol. The Kier molecular flexibility index (Phi) is 3.12. The van der Waals surface area contributed by atoms with Gasteiger partial charge in [0.25, 0.3) is 0 Å². The molecule has 3 fully saturated rings. The summed E-state index contributed by atoms with van der Waals surface area (Å²) in [5.41, 5.74) is 0. The van der Waals surface area contributed by atoms with Gasteiger partial charge in [-0.2, -0.15) is 0 Å². The lowest BCUT2D eigenvalue weighted by Crippen LogP contribution is -2.48. The van der Waals surface area contributed by atoms with Gasteiger partial charge in [0.15, 0.2) is 0 Å². The van der Waals surface area contributed by atoms with Crippen molar-refractivity contribution in [1.82, 2.24) is 4.90 Å². The van der Waals surface area contributed by atoms with Gasteiger partial charge in [-0.3, -0.25) is 4.79 Å². The SMILES string of the molecule is O=C(C1CC2CCC1C2)N1CCCCC1CO. The molecule has 1 amide bonds. The van der Waals surface area contributed by atoms with Crippen molar-refractivity contribution >= 4 is 5.91 Å². The smallest absolute Gasteiger partial charge is 0.226 e. The summed E-state index contributed by atoms with van der Waals surface area (Å²) in [6.07, 6.45) is 8.28. The number of nitrogens with zero attached hydrogens (tertiary/aromatic N) is 1. The molecule has 0 aromatic rings. The number of amides is 1. The van der Waals surface area contributed by atoms with E-state index in [0.717, 1.165) is 38.1 Å². The number of hydrogen-bond donors (Lipinski definition) is 1. The van der Waals surface area contributed by atoms with Crippen LogP contribution in [0.2, 0.25) is 0 Å². The summed E-state index contributed by atoms with van der Waals surface area (Å²) in [7, 11) is 0. The highest BCUT2D eigenvalue weighted by Crippen LogP contribution is 2.49. The summed E-state index contributed by atoms with van der Waals surface area (Å²) in [5, 5.41) is 9.39. The summed E-state index contributed by atoms with van der Waals surface area (Å²) in [5.74, 6) is 2.14. The van der Waals surface area contributed by atoms with Crippen molar-refractivity contribution in [3.63, 3.8) is 0 Å². The van der Waals surface area contributed by atoms with Crippen molar-refractivity contribution in [3.8, 4) is 0 Å². The Balaban J connectivity index is 1.68. The molecule has 96 valence electrons. The summed E-state index contributed by atoms with van der Waals surface area (Å²) in [6.45, 7) is 1.02. The second-order valence-electron chi connectivity index (χ2n) is 6.15. The van der Waals surface area contributed by atoms with Gasteiger partial charge in [-0.15, -0.1) is 0 Å². The topological polar surface area (TPSA) is 40.5 Å². The third kappa shape index (κ3) is 1.99. The van der Waals surface area contributed by atoms with Crippen molar-refractivity contribution in [2.75, 3.05) is 13.2 Å². The lowest BCUT2D eigenvalue weighted by molar-refractivity contribution is -0.142. The number of aliphatic hydroxyl groups excluding tert-OH is 1. The van der Waals surface area contributed by atoms with Gasteiger partial charge in [0.05, 0.1) is 12.6 Å². The Morgan fingerprint density at radius 2 is 2.06 bits per heavy atom. The fourth-order valence-electron chi connectivity index (χ4n) is 4.24. The highest BCUT2D eigenvalue weighted by atomic mass is 16.3. The Hall–Kier alpha value is -0.570. The highest BCUT2D eigenvalue weighted by Gasteiger charge is 2.45. The lowest BCUT2D eigenvalue weighted by Gasteiger charge is -2.37. The molecule has 2 aliphatic carbocycles. The van der Waals surface area contributed by atoms with Crippen LogP contribution in [0.4, 0.5) is 0 Å². The van der Waals surface area contributed by atoms with E-state index in [-0.39, 0.29) is 12.6 Å². The Morgan fingerprint density at radius 3 is 2.71 bits per heavy atom. The summed E-state index contributed by atoms with van der Waals surface area (Å²) in [6, 6.07) is 0.107. The molecule has 3 rings (SSSR count). The maximum absolute atomic E-state index is 12.6. The first-order valence-corrected chi connectivity index (χ1v) is 7.21. The average molecular weight is 237 g/mol. The number of hydrogen-bond acceptors (Lipinski definition) is 2. The molecular formula is C14H23NO2.